The fourth-order valence-corrected chi connectivity index (χ4v) is 1.54. The molecule has 1 aromatic carbocycles. The zero-order valence-corrected chi connectivity index (χ0v) is 8.50. The standard InChI is InChI=1S/C12H18N2/c13-7-10-1-3-11(4-2-10)8-14-9-12-5-6-12/h1-4,12,14H,5-9,13H2. The highest BCUT2D eigenvalue weighted by atomic mass is 14.9. The highest BCUT2D eigenvalue weighted by Crippen LogP contribution is 2.27. The van der Waals surface area contributed by atoms with E-state index in [2.05, 4.69) is 29.6 Å². The Morgan fingerprint density at radius 2 is 1.79 bits per heavy atom. The predicted molar refractivity (Wildman–Crippen MR) is 58.8 cm³/mol. The van der Waals surface area contributed by atoms with Gasteiger partial charge in [0.05, 0.1) is 0 Å². The molecule has 1 aromatic rings. The van der Waals surface area contributed by atoms with Crippen LogP contribution in [0.2, 0.25) is 0 Å². The topological polar surface area (TPSA) is 38.0 Å². The van der Waals surface area contributed by atoms with Crippen molar-refractivity contribution in [2.75, 3.05) is 6.54 Å². The van der Waals surface area contributed by atoms with Crippen LogP contribution in [0.15, 0.2) is 24.3 Å². The lowest BCUT2D eigenvalue weighted by molar-refractivity contribution is 0.638. The summed E-state index contributed by atoms with van der Waals surface area (Å²) in [5, 5.41) is 3.47. The first-order valence-electron chi connectivity index (χ1n) is 5.37. The van der Waals surface area contributed by atoms with Crippen LogP contribution < -0.4 is 11.1 Å². The van der Waals surface area contributed by atoms with Crippen molar-refractivity contribution in [1.82, 2.24) is 5.32 Å². The van der Waals surface area contributed by atoms with Crippen molar-refractivity contribution in [2.45, 2.75) is 25.9 Å². The quantitative estimate of drug-likeness (QED) is 0.741. The van der Waals surface area contributed by atoms with E-state index in [1.807, 2.05) is 0 Å². The van der Waals surface area contributed by atoms with Crippen LogP contribution in [-0.4, -0.2) is 6.54 Å². The Balaban J connectivity index is 1.77. The average molecular weight is 190 g/mol. The average Bonchev–Trinajstić information content (AvgIpc) is 3.03. The fraction of sp³-hybridized carbons (Fsp3) is 0.500. The van der Waals surface area contributed by atoms with Gasteiger partial charge in [-0.2, -0.15) is 0 Å². The number of hydrogen-bond acceptors (Lipinski definition) is 2. The van der Waals surface area contributed by atoms with Gasteiger partial charge in [-0.3, -0.25) is 0 Å². The van der Waals surface area contributed by atoms with Crippen LogP contribution in [-0.2, 0) is 13.1 Å². The van der Waals surface area contributed by atoms with E-state index < -0.39 is 0 Å². The van der Waals surface area contributed by atoms with E-state index in [9.17, 15) is 0 Å². The molecule has 0 saturated heterocycles. The molecule has 2 heteroatoms. The van der Waals surface area contributed by atoms with Crippen LogP contribution in [0.3, 0.4) is 0 Å². The van der Waals surface area contributed by atoms with E-state index in [4.69, 9.17) is 5.73 Å². The molecule has 2 rings (SSSR count). The van der Waals surface area contributed by atoms with Gasteiger partial charge in [-0.15, -0.1) is 0 Å². The summed E-state index contributed by atoms with van der Waals surface area (Å²) in [6, 6.07) is 8.52. The molecule has 0 aliphatic heterocycles. The van der Waals surface area contributed by atoms with Crippen molar-refractivity contribution < 1.29 is 0 Å². The third-order valence-electron chi connectivity index (χ3n) is 2.72. The first-order chi connectivity index (χ1) is 6.88. The summed E-state index contributed by atoms with van der Waals surface area (Å²) in [7, 11) is 0. The Morgan fingerprint density at radius 1 is 1.14 bits per heavy atom. The largest absolute Gasteiger partial charge is 0.326 e. The predicted octanol–water partition coefficient (Wildman–Crippen LogP) is 1.64. The van der Waals surface area contributed by atoms with Crippen molar-refractivity contribution in [3.05, 3.63) is 35.4 Å². The van der Waals surface area contributed by atoms with Crippen LogP contribution >= 0.6 is 0 Å². The Morgan fingerprint density at radius 3 is 2.36 bits per heavy atom. The third-order valence-corrected chi connectivity index (χ3v) is 2.72. The molecule has 0 spiro atoms. The Kier molecular flexibility index (Phi) is 3.17. The summed E-state index contributed by atoms with van der Waals surface area (Å²) in [5.41, 5.74) is 8.09. The molecule has 1 aliphatic rings. The van der Waals surface area contributed by atoms with Gasteiger partial charge in [-0.25, -0.2) is 0 Å². The van der Waals surface area contributed by atoms with Gasteiger partial charge in [0.2, 0.25) is 0 Å². The summed E-state index contributed by atoms with van der Waals surface area (Å²) < 4.78 is 0. The van der Waals surface area contributed by atoms with Gasteiger partial charge >= 0.3 is 0 Å². The van der Waals surface area contributed by atoms with Gasteiger partial charge in [0.1, 0.15) is 0 Å². The number of hydrogen-bond donors (Lipinski definition) is 2. The van der Waals surface area contributed by atoms with E-state index in [1.54, 1.807) is 0 Å². The number of benzene rings is 1. The van der Waals surface area contributed by atoms with Crippen LogP contribution in [0, 0.1) is 5.92 Å². The van der Waals surface area contributed by atoms with Crippen molar-refractivity contribution in [1.29, 1.82) is 0 Å². The van der Waals surface area contributed by atoms with E-state index in [0.29, 0.717) is 6.54 Å². The van der Waals surface area contributed by atoms with Crippen LogP contribution in [0.4, 0.5) is 0 Å². The van der Waals surface area contributed by atoms with Crippen LogP contribution in [0.25, 0.3) is 0 Å². The molecule has 1 saturated carbocycles. The Bertz CT molecular complexity index is 275. The Hall–Kier alpha value is -0.860. The van der Waals surface area contributed by atoms with Gasteiger partial charge in [0.15, 0.2) is 0 Å². The molecule has 0 aromatic heterocycles. The normalized spacial score (nSPS) is 15.8. The smallest absolute Gasteiger partial charge is 0.0205 e. The molecule has 0 atom stereocenters. The third kappa shape index (κ3) is 2.82. The van der Waals surface area contributed by atoms with Crippen molar-refractivity contribution in [3.8, 4) is 0 Å². The van der Waals surface area contributed by atoms with E-state index in [1.165, 1.54) is 30.5 Å². The van der Waals surface area contributed by atoms with Crippen molar-refractivity contribution >= 4 is 0 Å². The number of nitrogens with two attached hydrogens (primary N) is 1. The van der Waals surface area contributed by atoms with Gasteiger partial charge < -0.3 is 11.1 Å². The fourth-order valence-electron chi connectivity index (χ4n) is 1.54. The second kappa shape index (κ2) is 4.58. The molecule has 0 unspecified atom stereocenters. The molecule has 0 heterocycles. The van der Waals surface area contributed by atoms with Gasteiger partial charge in [0.25, 0.3) is 0 Å². The minimum absolute atomic E-state index is 0.635. The van der Waals surface area contributed by atoms with Gasteiger partial charge in [0, 0.05) is 13.1 Å². The molecule has 0 radical (unpaired) electrons. The SMILES string of the molecule is NCc1ccc(CNCC2CC2)cc1. The molecule has 76 valence electrons. The molecular weight excluding hydrogens is 172 g/mol. The molecular formula is C12H18N2. The second-order valence-electron chi connectivity index (χ2n) is 4.09. The van der Waals surface area contributed by atoms with E-state index in [0.717, 1.165) is 12.5 Å². The summed E-state index contributed by atoms with van der Waals surface area (Å²) in [6.45, 7) is 2.80. The molecule has 0 bridgehead atoms. The lowest BCUT2D eigenvalue weighted by atomic mass is 10.1. The first kappa shape index (κ1) is 9.69. The minimum Gasteiger partial charge on any atom is -0.326 e. The number of rotatable bonds is 5. The summed E-state index contributed by atoms with van der Waals surface area (Å²) >= 11 is 0. The van der Waals surface area contributed by atoms with Crippen LogP contribution in [0.5, 0.6) is 0 Å². The maximum atomic E-state index is 5.53. The summed E-state index contributed by atoms with van der Waals surface area (Å²) in [5.74, 6) is 0.957. The molecule has 2 nitrogen and oxygen atoms in total. The molecule has 1 aliphatic carbocycles. The maximum absolute atomic E-state index is 5.53. The molecule has 3 N–H and O–H groups in total. The maximum Gasteiger partial charge on any atom is 0.0205 e. The van der Waals surface area contributed by atoms with E-state index >= 15 is 0 Å². The summed E-state index contributed by atoms with van der Waals surface area (Å²) in [4.78, 5) is 0. The van der Waals surface area contributed by atoms with Gasteiger partial charge in [-0.1, -0.05) is 24.3 Å². The summed E-state index contributed by atoms with van der Waals surface area (Å²) in [6.07, 6.45) is 2.83. The molecule has 0 amide bonds. The highest BCUT2D eigenvalue weighted by molar-refractivity contribution is 5.22. The minimum atomic E-state index is 0.635. The van der Waals surface area contributed by atoms with Crippen LogP contribution in [0.1, 0.15) is 24.0 Å². The van der Waals surface area contributed by atoms with Gasteiger partial charge in [-0.05, 0) is 36.4 Å². The van der Waals surface area contributed by atoms with E-state index in [-0.39, 0.29) is 0 Å². The molecule has 14 heavy (non-hydrogen) atoms. The first-order valence-corrected chi connectivity index (χ1v) is 5.37. The molecule has 1 fully saturated rings. The number of nitrogens with one attached hydrogen (secondary N) is 1. The van der Waals surface area contributed by atoms with Crippen molar-refractivity contribution in [3.63, 3.8) is 0 Å². The zero-order valence-electron chi connectivity index (χ0n) is 8.50. The van der Waals surface area contributed by atoms with Crippen molar-refractivity contribution in [2.24, 2.45) is 11.7 Å². The second-order valence-corrected chi connectivity index (χ2v) is 4.09. The zero-order chi connectivity index (χ0) is 9.80. The lowest BCUT2D eigenvalue weighted by Gasteiger charge is -2.04. The monoisotopic (exact) mass is 190 g/mol. The Labute approximate surface area is 85.5 Å². The lowest BCUT2D eigenvalue weighted by Crippen LogP contribution is -2.16. The highest BCUT2D eigenvalue weighted by Gasteiger charge is 2.19.